The largest absolute Gasteiger partial charge is 0.232 e. The number of nitrogens with zero attached hydrogens (tertiary/aromatic N) is 2. The molecule has 0 spiro atoms. The van der Waals surface area contributed by atoms with Crippen LogP contribution in [0, 0.1) is 0 Å². The van der Waals surface area contributed by atoms with Crippen molar-refractivity contribution in [3.8, 4) is 0 Å². The second-order valence-electron chi connectivity index (χ2n) is 3.08. The van der Waals surface area contributed by atoms with E-state index >= 15 is 0 Å². The topological polar surface area (TPSA) is 24.7 Å². The minimum Gasteiger partial charge on any atom is -0.232 e. The Kier molecular flexibility index (Phi) is 5.09. The Morgan fingerprint density at radius 2 is 1.09 bits per heavy atom. The van der Waals surface area contributed by atoms with Gasteiger partial charge in [-0.1, -0.05) is 9.62 Å². The predicted molar refractivity (Wildman–Crippen MR) is 61.6 cm³/mol. The third-order valence-electron chi connectivity index (χ3n) is 0.726. The van der Waals surface area contributed by atoms with Gasteiger partial charge in [-0.3, -0.25) is 0 Å². The Hall–Kier alpha value is 0.810. The minimum atomic E-state index is -0.972. The van der Waals surface area contributed by atoms with Gasteiger partial charge in [-0.05, 0) is 26.7 Å². The van der Waals surface area contributed by atoms with Crippen LogP contribution in [0.15, 0.2) is 8.27 Å². The van der Waals surface area contributed by atoms with Crippen molar-refractivity contribution in [3.63, 3.8) is 0 Å². The van der Waals surface area contributed by atoms with Gasteiger partial charge in [0.15, 0.2) is 0 Å². The van der Waals surface area contributed by atoms with E-state index in [1.165, 1.54) is 0 Å². The molecule has 0 aromatic heterocycles. The highest BCUT2D eigenvalue weighted by Gasteiger charge is 1.94. The zero-order valence-corrected chi connectivity index (χ0v) is 10.8. The Labute approximate surface area is 73.6 Å². The number of hydrogen-bond donors (Lipinski definition) is 0. The van der Waals surface area contributed by atoms with Crippen LogP contribution in [0.5, 0.6) is 0 Å². The Bertz CT molecular complexity index is 199. The summed E-state index contributed by atoms with van der Waals surface area (Å²) in [6.07, 6.45) is 4.33. The number of hydrogen-bond acceptors (Lipinski definition) is 2. The van der Waals surface area contributed by atoms with Gasteiger partial charge in [-0.2, -0.15) is 0 Å². The third kappa shape index (κ3) is 7.18. The molecule has 0 aliphatic rings. The van der Waals surface area contributed by atoms with E-state index in [9.17, 15) is 0 Å². The maximum absolute atomic E-state index is 4.65. The van der Waals surface area contributed by atoms with Gasteiger partial charge in [0.25, 0.3) is 0 Å². The predicted octanol–water partition coefficient (Wildman–Crippen LogP) is 3.08. The molecule has 0 aromatic carbocycles. The van der Waals surface area contributed by atoms with E-state index in [0.29, 0.717) is 0 Å². The molecule has 68 valence electrons. The summed E-state index contributed by atoms with van der Waals surface area (Å²) in [4.78, 5) is 0. The van der Waals surface area contributed by atoms with Crippen LogP contribution in [0.4, 0.5) is 0 Å². The molecule has 2 nitrogen and oxygen atoms in total. The van der Waals surface area contributed by atoms with Crippen LogP contribution in [-0.2, 0) is 9.62 Å². The standard InChI is InChI=1S/C6H18N2P2S/c1-9(2)7-11(5,6)8-10(3)4/h1-6H3. The molecule has 0 aliphatic carbocycles. The summed E-state index contributed by atoms with van der Waals surface area (Å²) in [5.74, 6) is 0. The highest BCUT2D eigenvalue weighted by molar-refractivity contribution is 7.99. The fourth-order valence-electron chi connectivity index (χ4n) is 0.816. The molecule has 0 atom stereocenters. The molecule has 0 saturated carbocycles. The van der Waals surface area contributed by atoms with Crippen molar-refractivity contribution in [2.75, 3.05) is 39.2 Å². The van der Waals surface area contributed by atoms with Crippen LogP contribution in [0.25, 0.3) is 0 Å². The molecule has 0 amide bonds. The van der Waals surface area contributed by atoms with E-state index in [-0.39, 0.29) is 16.1 Å². The Morgan fingerprint density at radius 3 is 1.27 bits per heavy atom. The first-order valence-electron chi connectivity index (χ1n) is 3.37. The molecule has 0 rings (SSSR count). The molecule has 5 heteroatoms. The summed E-state index contributed by atoms with van der Waals surface area (Å²) < 4.78 is 9.29. The highest BCUT2D eigenvalue weighted by Crippen LogP contribution is 2.33. The zero-order valence-electron chi connectivity index (χ0n) is 8.20. The monoisotopic (exact) mass is 212 g/mol. The molecule has 0 fully saturated rings. The summed E-state index contributed by atoms with van der Waals surface area (Å²) in [6, 6.07) is 0. The first-order valence-corrected chi connectivity index (χ1v) is 10.1. The van der Waals surface area contributed by atoms with Crippen molar-refractivity contribution in [1.82, 2.24) is 0 Å². The summed E-state index contributed by atoms with van der Waals surface area (Å²) in [7, 11) is -1.25. The molecule has 0 saturated heterocycles. The molecule has 0 unspecified atom stereocenters. The fraction of sp³-hybridized carbons (Fsp3) is 1.00. The lowest BCUT2D eigenvalue weighted by molar-refractivity contribution is 1.81. The van der Waals surface area contributed by atoms with Gasteiger partial charge in [-0.15, -0.1) is 0 Å². The lowest BCUT2D eigenvalue weighted by Gasteiger charge is -2.07. The van der Waals surface area contributed by atoms with Gasteiger partial charge in [0.2, 0.25) is 0 Å². The average molecular weight is 212 g/mol. The van der Waals surface area contributed by atoms with Crippen molar-refractivity contribution >= 4 is 25.8 Å². The Morgan fingerprint density at radius 1 is 0.818 bits per heavy atom. The fourth-order valence-corrected chi connectivity index (χ4v) is 7.63. The van der Waals surface area contributed by atoms with Crippen LogP contribution >= 0.6 is 16.1 Å². The third-order valence-corrected chi connectivity index (χ3v) is 6.54. The molecule has 0 radical (unpaired) electrons. The molecule has 0 heterocycles. The Balaban J connectivity index is 4.71. The smallest absolute Gasteiger partial charge is 0.0184 e. The van der Waals surface area contributed by atoms with Crippen molar-refractivity contribution in [1.29, 1.82) is 0 Å². The van der Waals surface area contributed by atoms with Gasteiger partial charge in [-0.25, -0.2) is 8.27 Å². The summed E-state index contributed by atoms with van der Waals surface area (Å²) >= 11 is 0. The van der Waals surface area contributed by atoms with Crippen LogP contribution in [0.1, 0.15) is 0 Å². The highest BCUT2D eigenvalue weighted by atomic mass is 32.2. The van der Waals surface area contributed by atoms with Crippen molar-refractivity contribution in [2.24, 2.45) is 8.27 Å². The maximum atomic E-state index is 4.65. The quantitative estimate of drug-likeness (QED) is 0.628. The van der Waals surface area contributed by atoms with Crippen molar-refractivity contribution in [3.05, 3.63) is 0 Å². The minimum absolute atomic E-state index is 0.140. The normalized spacial score (nSPS) is 12.4. The van der Waals surface area contributed by atoms with Crippen molar-refractivity contribution in [2.45, 2.75) is 0 Å². The van der Waals surface area contributed by atoms with Crippen LogP contribution in [-0.4, -0.2) is 39.2 Å². The van der Waals surface area contributed by atoms with E-state index in [4.69, 9.17) is 0 Å². The van der Waals surface area contributed by atoms with E-state index in [1.54, 1.807) is 0 Å². The van der Waals surface area contributed by atoms with Gasteiger partial charge < -0.3 is 0 Å². The van der Waals surface area contributed by atoms with E-state index in [1.807, 2.05) is 0 Å². The van der Waals surface area contributed by atoms with Gasteiger partial charge in [0.05, 0.1) is 0 Å². The maximum Gasteiger partial charge on any atom is 0.0184 e. The first kappa shape index (κ1) is 11.8. The SMILES string of the molecule is CP(C)N=S(C)(C)=NP(C)C. The van der Waals surface area contributed by atoms with Gasteiger partial charge in [0.1, 0.15) is 0 Å². The van der Waals surface area contributed by atoms with Crippen LogP contribution < -0.4 is 0 Å². The molecule has 0 bridgehead atoms. The molecular weight excluding hydrogens is 194 g/mol. The summed E-state index contributed by atoms with van der Waals surface area (Å²) in [5, 5.41) is 0. The summed E-state index contributed by atoms with van der Waals surface area (Å²) in [5.41, 5.74) is 0. The molecular formula is C6H18N2P2S. The van der Waals surface area contributed by atoms with Crippen LogP contribution in [0.3, 0.4) is 0 Å². The molecule has 0 aromatic rings. The van der Waals surface area contributed by atoms with Gasteiger partial charge in [0, 0.05) is 28.7 Å². The van der Waals surface area contributed by atoms with Gasteiger partial charge >= 0.3 is 0 Å². The van der Waals surface area contributed by atoms with Crippen molar-refractivity contribution < 1.29 is 0 Å². The second kappa shape index (κ2) is 4.74. The molecule has 0 N–H and O–H groups in total. The lowest BCUT2D eigenvalue weighted by Crippen LogP contribution is -1.89. The first-order chi connectivity index (χ1) is 4.83. The van der Waals surface area contributed by atoms with Crippen LogP contribution in [0.2, 0.25) is 0 Å². The molecule has 0 aliphatic heterocycles. The summed E-state index contributed by atoms with van der Waals surface area (Å²) in [6.45, 7) is 8.70. The average Bonchev–Trinajstić information content (AvgIpc) is 1.53. The van der Waals surface area contributed by atoms with E-state index in [0.717, 1.165) is 0 Å². The zero-order chi connectivity index (χ0) is 9.07. The van der Waals surface area contributed by atoms with E-state index in [2.05, 4.69) is 47.4 Å². The lowest BCUT2D eigenvalue weighted by atomic mass is 11.9. The van der Waals surface area contributed by atoms with E-state index < -0.39 is 9.62 Å². The second-order valence-corrected chi connectivity index (χ2v) is 10.2. The molecule has 11 heavy (non-hydrogen) atoms. The number of rotatable bonds is 2.